The lowest BCUT2D eigenvalue weighted by Gasteiger charge is -2.17. The van der Waals surface area contributed by atoms with Crippen LogP contribution in [0.5, 0.6) is 0 Å². The lowest BCUT2D eigenvalue weighted by Crippen LogP contribution is -2.35. The van der Waals surface area contributed by atoms with Crippen molar-refractivity contribution in [3.05, 3.63) is 60.2 Å². The van der Waals surface area contributed by atoms with Crippen molar-refractivity contribution < 1.29 is 14.3 Å². The van der Waals surface area contributed by atoms with Gasteiger partial charge in [0, 0.05) is 12.4 Å². The van der Waals surface area contributed by atoms with Crippen LogP contribution in [0.2, 0.25) is 0 Å². The first-order chi connectivity index (χ1) is 10.2. The lowest BCUT2D eigenvalue weighted by atomic mass is 10.1. The minimum atomic E-state index is -0.887. The Kier molecular flexibility index (Phi) is 4.98. The van der Waals surface area contributed by atoms with Gasteiger partial charge in [0.25, 0.3) is 5.91 Å². The zero-order valence-electron chi connectivity index (χ0n) is 11.5. The third kappa shape index (κ3) is 3.85. The van der Waals surface area contributed by atoms with E-state index in [-0.39, 0.29) is 12.4 Å². The smallest absolute Gasteiger partial charge is 0.333 e. The number of aromatic nitrogens is 2. The van der Waals surface area contributed by atoms with Crippen LogP contribution in [0.15, 0.2) is 48.8 Å². The first-order valence-electron chi connectivity index (χ1n) is 6.52. The van der Waals surface area contributed by atoms with E-state index in [0.717, 1.165) is 0 Å². The molecule has 1 amide bonds. The second-order valence-electron chi connectivity index (χ2n) is 4.14. The predicted molar refractivity (Wildman–Crippen MR) is 75.3 cm³/mol. The summed E-state index contributed by atoms with van der Waals surface area (Å²) in [6.07, 6.45) is 2.92. The molecule has 108 valence electrons. The Hall–Kier alpha value is -2.76. The maximum atomic E-state index is 12.1. The molecule has 0 aliphatic heterocycles. The van der Waals surface area contributed by atoms with Gasteiger partial charge < -0.3 is 10.1 Å². The fourth-order valence-corrected chi connectivity index (χ4v) is 1.76. The SMILES string of the molecule is CCOC(=O)[C@H](NC(=O)c1ncccn1)c1ccccc1. The standard InChI is InChI=1S/C15H15N3O3/c1-2-21-15(20)12(11-7-4-3-5-8-11)18-14(19)13-16-9-6-10-17-13/h3-10,12H,2H2,1H3,(H,18,19)/t12-/m1/s1. The number of nitrogens with one attached hydrogen (secondary N) is 1. The number of carbonyl (C=O) groups is 2. The summed E-state index contributed by atoms with van der Waals surface area (Å²) in [5.74, 6) is -1.05. The van der Waals surface area contributed by atoms with Gasteiger partial charge in [0.1, 0.15) is 0 Å². The van der Waals surface area contributed by atoms with Crippen molar-refractivity contribution in [1.29, 1.82) is 0 Å². The molecule has 21 heavy (non-hydrogen) atoms. The molecule has 0 fully saturated rings. The van der Waals surface area contributed by atoms with E-state index in [9.17, 15) is 9.59 Å². The summed E-state index contributed by atoms with van der Waals surface area (Å²) in [6.45, 7) is 1.95. The van der Waals surface area contributed by atoms with Crippen LogP contribution in [-0.4, -0.2) is 28.5 Å². The Morgan fingerprint density at radius 3 is 2.43 bits per heavy atom. The maximum Gasteiger partial charge on any atom is 0.333 e. The molecule has 0 aliphatic carbocycles. The van der Waals surface area contributed by atoms with Crippen molar-refractivity contribution in [1.82, 2.24) is 15.3 Å². The molecule has 0 aliphatic rings. The van der Waals surface area contributed by atoms with Crippen LogP contribution >= 0.6 is 0 Å². The average Bonchev–Trinajstić information content (AvgIpc) is 2.54. The molecule has 0 saturated heterocycles. The minimum Gasteiger partial charge on any atom is -0.464 e. The fourth-order valence-electron chi connectivity index (χ4n) is 1.76. The number of hydrogen-bond donors (Lipinski definition) is 1. The Morgan fingerprint density at radius 2 is 1.81 bits per heavy atom. The van der Waals surface area contributed by atoms with E-state index in [4.69, 9.17) is 4.74 Å². The van der Waals surface area contributed by atoms with E-state index in [2.05, 4.69) is 15.3 Å². The Morgan fingerprint density at radius 1 is 1.14 bits per heavy atom. The quantitative estimate of drug-likeness (QED) is 0.842. The Labute approximate surface area is 122 Å². The summed E-state index contributed by atoms with van der Waals surface area (Å²) < 4.78 is 5.00. The first kappa shape index (κ1) is 14.6. The van der Waals surface area contributed by atoms with Crippen molar-refractivity contribution in [2.75, 3.05) is 6.61 Å². The highest BCUT2D eigenvalue weighted by Gasteiger charge is 2.25. The molecule has 6 heteroatoms. The van der Waals surface area contributed by atoms with Crippen molar-refractivity contribution in [3.8, 4) is 0 Å². The molecule has 0 radical (unpaired) electrons. The summed E-state index contributed by atoms with van der Waals surface area (Å²) in [5, 5.41) is 2.60. The van der Waals surface area contributed by atoms with Crippen LogP contribution in [0.1, 0.15) is 29.1 Å². The van der Waals surface area contributed by atoms with Gasteiger partial charge >= 0.3 is 5.97 Å². The Bertz CT molecular complexity index is 602. The van der Waals surface area contributed by atoms with Gasteiger partial charge in [-0.25, -0.2) is 14.8 Å². The second kappa shape index (κ2) is 7.14. The number of benzene rings is 1. The molecule has 0 saturated carbocycles. The molecular weight excluding hydrogens is 270 g/mol. The third-order valence-corrected chi connectivity index (χ3v) is 2.70. The molecule has 2 aromatic rings. The topological polar surface area (TPSA) is 81.2 Å². The maximum absolute atomic E-state index is 12.1. The number of carbonyl (C=O) groups excluding carboxylic acids is 2. The van der Waals surface area contributed by atoms with Gasteiger partial charge in [-0.1, -0.05) is 30.3 Å². The van der Waals surface area contributed by atoms with Gasteiger partial charge in [0.05, 0.1) is 6.61 Å². The van der Waals surface area contributed by atoms with Gasteiger partial charge in [-0.2, -0.15) is 0 Å². The minimum absolute atomic E-state index is 0.00253. The highest BCUT2D eigenvalue weighted by molar-refractivity contribution is 5.94. The highest BCUT2D eigenvalue weighted by Crippen LogP contribution is 2.14. The second-order valence-corrected chi connectivity index (χ2v) is 4.14. The first-order valence-corrected chi connectivity index (χ1v) is 6.52. The molecule has 1 N–H and O–H groups in total. The summed E-state index contributed by atoms with van der Waals surface area (Å²) in [4.78, 5) is 31.8. The van der Waals surface area contributed by atoms with Gasteiger partial charge in [-0.05, 0) is 18.6 Å². The summed E-state index contributed by atoms with van der Waals surface area (Å²) in [6, 6.07) is 9.60. The van der Waals surface area contributed by atoms with Crippen LogP contribution in [0.3, 0.4) is 0 Å². The van der Waals surface area contributed by atoms with E-state index in [1.807, 2.05) is 6.07 Å². The van der Waals surface area contributed by atoms with Gasteiger partial charge in [-0.15, -0.1) is 0 Å². The normalized spacial score (nSPS) is 11.5. The van der Waals surface area contributed by atoms with Gasteiger partial charge in [0.2, 0.25) is 5.82 Å². The molecule has 1 aromatic carbocycles. The van der Waals surface area contributed by atoms with Gasteiger partial charge in [0.15, 0.2) is 6.04 Å². The van der Waals surface area contributed by atoms with Crippen molar-refractivity contribution in [3.63, 3.8) is 0 Å². The number of ether oxygens (including phenoxy) is 1. The van der Waals surface area contributed by atoms with Crippen molar-refractivity contribution in [2.24, 2.45) is 0 Å². The highest BCUT2D eigenvalue weighted by atomic mass is 16.5. The Balaban J connectivity index is 2.20. The number of esters is 1. The molecular formula is C15H15N3O3. The monoisotopic (exact) mass is 285 g/mol. The van der Waals surface area contributed by atoms with Crippen LogP contribution in [-0.2, 0) is 9.53 Å². The largest absolute Gasteiger partial charge is 0.464 e. The third-order valence-electron chi connectivity index (χ3n) is 2.70. The van der Waals surface area contributed by atoms with E-state index >= 15 is 0 Å². The van der Waals surface area contributed by atoms with Crippen LogP contribution in [0.4, 0.5) is 0 Å². The van der Waals surface area contributed by atoms with E-state index < -0.39 is 17.9 Å². The molecule has 1 heterocycles. The summed E-state index contributed by atoms with van der Waals surface area (Å²) in [7, 11) is 0. The molecule has 0 unspecified atom stereocenters. The van der Waals surface area contributed by atoms with Crippen LogP contribution in [0, 0.1) is 0 Å². The lowest BCUT2D eigenvalue weighted by molar-refractivity contribution is -0.145. The zero-order valence-corrected chi connectivity index (χ0v) is 11.5. The summed E-state index contributed by atoms with van der Waals surface area (Å²) >= 11 is 0. The van der Waals surface area contributed by atoms with Crippen LogP contribution < -0.4 is 5.32 Å². The molecule has 2 rings (SSSR count). The zero-order chi connectivity index (χ0) is 15.1. The number of amides is 1. The average molecular weight is 285 g/mol. The predicted octanol–water partition coefficient (Wildman–Crippen LogP) is 1.51. The number of hydrogen-bond acceptors (Lipinski definition) is 5. The fraction of sp³-hybridized carbons (Fsp3) is 0.200. The molecule has 1 aromatic heterocycles. The molecule has 0 bridgehead atoms. The summed E-state index contributed by atoms with van der Waals surface area (Å²) in [5.41, 5.74) is 0.639. The van der Waals surface area contributed by atoms with Crippen molar-refractivity contribution in [2.45, 2.75) is 13.0 Å². The number of rotatable bonds is 5. The van der Waals surface area contributed by atoms with Crippen molar-refractivity contribution >= 4 is 11.9 Å². The number of nitrogens with zero attached hydrogens (tertiary/aromatic N) is 2. The van der Waals surface area contributed by atoms with Gasteiger partial charge in [-0.3, -0.25) is 4.79 Å². The van der Waals surface area contributed by atoms with E-state index in [1.54, 1.807) is 37.3 Å². The molecule has 6 nitrogen and oxygen atoms in total. The molecule has 1 atom stereocenters. The van der Waals surface area contributed by atoms with Crippen LogP contribution in [0.25, 0.3) is 0 Å². The van der Waals surface area contributed by atoms with E-state index in [1.165, 1.54) is 12.4 Å². The van der Waals surface area contributed by atoms with E-state index in [0.29, 0.717) is 5.56 Å². The molecule has 0 spiro atoms.